The van der Waals surface area contributed by atoms with E-state index in [0.717, 1.165) is 17.7 Å². The first-order chi connectivity index (χ1) is 7.56. The Labute approximate surface area is 102 Å². The minimum absolute atomic E-state index is 0.121. The SMILES string of the molecule is CCC(CC)(C(O)Cc1cncs1)N(C)C. The first-order valence-electron chi connectivity index (χ1n) is 5.79. The Morgan fingerprint density at radius 2 is 2.06 bits per heavy atom. The monoisotopic (exact) mass is 242 g/mol. The molecule has 3 nitrogen and oxygen atoms in total. The first kappa shape index (κ1) is 13.6. The van der Waals surface area contributed by atoms with Gasteiger partial charge in [-0.25, -0.2) is 0 Å². The number of hydrogen-bond donors (Lipinski definition) is 1. The van der Waals surface area contributed by atoms with E-state index in [-0.39, 0.29) is 11.6 Å². The van der Waals surface area contributed by atoms with Crippen molar-refractivity contribution in [1.29, 1.82) is 0 Å². The number of likely N-dealkylation sites (N-methyl/N-ethyl adjacent to an activating group) is 1. The maximum Gasteiger partial charge on any atom is 0.0794 e. The smallest absolute Gasteiger partial charge is 0.0794 e. The summed E-state index contributed by atoms with van der Waals surface area (Å²) in [4.78, 5) is 7.35. The van der Waals surface area contributed by atoms with Crippen LogP contribution in [-0.2, 0) is 6.42 Å². The Hall–Kier alpha value is -0.450. The molecule has 0 spiro atoms. The molecule has 0 fully saturated rings. The Morgan fingerprint density at radius 1 is 1.44 bits per heavy atom. The third-order valence-electron chi connectivity index (χ3n) is 3.61. The summed E-state index contributed by atoms with van der Waals surface area (Å²) in [5, 5.41) is 10.4. The maximum absolute atomic E-state index is 10.4. The van der Waals surface area contributed by atoms with Crippen molar-refractivity contribution >= 4 is 11.3 Å². The molecule has 1 atom stereocenters. The zero-order valence-electron chi connectivity index (χ0n) is 10.6. The van der Waals surface area contributed by atoms with Gasteiger partial charge in [0.1, 0.15) is 0 Å². The van der Waals surface area contributed by atoms with Crippen LogP contribution < -0.4 is 0 Å². The van der Waals surface area contributed by atoms with Crippen LogP contribution in [0.1, 0.15) is 31.6 Å². The van der Waals surface area contributed by atoms with Gasteiger partial charge in [-0.3, -0.25) is 4.98 Å². The van der Waals surface area contributed by atoms with Crippen LogP contribution in [0.3, 0.4) is 0 Å². The van der Waals surface area contributed by atoms with Crippen molar-refractivity contribution in [2.24, 2.45) is 0 Å². The van der Waals surface area contributed by atoms with E-state index < -0.39 is 0 Å². The van der Waals surface area contributed by atoms with Crippen molar-refractivity contribution in [3.05, 3.63) is 16.6 Å². The van der Waals surface area contributed by atoms with Crippen LogP contribution in [0.4, 0.5) is 0 Å². The molecule has 0 aliphatic rings. The second-order valence-corrected chi connectivity index (χ2v) is 5.36. The summed E-state index contributed by atoms with van der Waals surface area (Å²) in [5.41, 5.74) is 1.70. The van der Waals surface area contributed by atoms with Gasteiger partial charge in [0.25, 0.3) is 0 Å². The van der Waals surface area contributed by atoms with Gasteiger partial charge < -0.3 is 10.0 Å². The van der Waals surface area contributed by atoms with E-state index in [2.05, 4.69) is 23.7 Å². The molecule has 0 bridgehead atoms. The fraction of sp³-hybridized carbons (Fsp3) is 0.750. The van der Waals surface area contributed by atoms with Crippen molar-refractivity contribution in [3.8, 4) is 0 Å². The molecular formula is C12H22N2OS. The van der Waals surface area contributed by atoms with Crippen LogP contribution in [0, 0.1) is 0 Å². The molecule has 1 rings (SSSR count). The standard InChI is InChI=1S/C12H22N2OS/c1-5-12(6-2,14(3)4)11(15)7-10-8-13-9-16-10/h8-9,11,15H,5-7H2,1-4H3. The van der Waals surface area contributed by atoms with Gasteiger partial charge in [0.2, 0.25) is 0 Å². The van der Waals surface area contributed by atoms with Crippen LogP contribution in [0.15, 0.2) is 11.7 Å². The highest BCUT2D eigenvalue weighted by molar-refractivity contribution is 7.09. The summed E-state index contributed by atoms with van der Waals surface area (Å²) < 4.78 is 0. The highest BCUT2D eigenvalue weighted by Gasteiger charge is 2.36. The fourth-order valence-corrected chi connectivity index (χ4v) is 3.01. The van der Waals surface area contributed by atoms with Crippen molar-refractivity contribution in [2.45, 2.75) is 44.8 Å². The van der Waals surface area contributed by atoms with Gasteiger partial charge in [0.05, 0.1) is 11.6 Å². The largest absolute Gasteiger partial charge is 0.391 e. The lowest BCUT2D eigenvalue weighted by Gasteiger charge is -2.42. The Bertz CT molecular complexity index is 294. The topological polar surface area (TPSA) is 36.4 Å². The van der Waals surface area contributed by atoms with E-state index in [9.17, 15) is 5.11 Å². The molecule has 0 aliphatic carbocycles. The minimum Gasteiger partial charge on any atom is -0.391 e. The number of aliphatic hydroxyl groups excluding tert-OH is 1. The molecule has 0 amide bonds. The molecule has 16 heavy (non-hydrogen) atoms. The number of thiazole rings is 1. The van der Waals surface area contributed by atoms with E-state index in [4.69, 9.17) is 0 Å². The maximum atomic E-state index is 10.4. The molecule has 1 aromatic heterocycles. The molecule has 1 unspecified atom stereocenters. The van der Waals surface area contributed by atoms with Gasteiger partial charge in [-0.1, -0.05) is 13.8 Å². The number of nitrogens with zero attached hydrogens (tertiary/aromatic N) is 2. The Kier molecular flexibility index (Phi) is 4.89. The summed E-state index contributed by atoms with van der Waals surface area (Å²) in [6, 6.07) is 0. The van der Waals surface area contributed by atoms with Crippen LogP contribution >= 0.6 is 11.3 Å². The number of aliphatic hydroxyl groups is 1. The summed E-state index contributed by atoms with van der Waals surface area (Å²) in [5.74, 6) is 0. The minimum atomic E-state index is -0.335. The fourth-order valence-electron chi connectivity index (χ4n) is 2.38. The van der Waals surface area contributed by atoms with E-state index in [0.29, 0.717) is 6.42 Å². The molecule has 1 aromatic rings. The molecule has 4 heteroatoms. The predicted molar refractivity (Wildman–Crippen MR) is 68.8 cm³/mol. The second kappa shape index (κ2) is 5.75. The lowest BCUT2D eigenvalue weighted by molar-refractivity contribution is -0.0121. The number of hydrogen-bond acceptors (Lipinski definition) is 4. The molecule has 0 saturated heterocycles. The van der Waals surface area contributed by atoms with Crippen LogP contribution in [0.5, 0.6) is 0 Å². The molecule has 0 radical (unpaired) electrons. The highest BCUT2D eigenvalue weighted by Crippen LogP contribution is 2.28. The molecule has 92 valence electrons. The van der Waals surface area contributed by atoms with E-state index >= 15 is 0 Å². The van der Waals surface area contributed by atoms with E-state index in [1.807, 2.05) is 25.8 Å². The summed E-state index contributed by atoms with van der Waals surface area (Å²) >= 11 is 1.61. The lowest BCUT2D eigenvalue weighted by atomic mass is 9.83. The third kappa shape index (κ3) is 2.62. The van der Waals surface area contributed by atoms with Crippen molar-refractivity contribution in [1.82, 2.24) is 9.88 Å². The van der Waals surface area contributed by atoms with Gasteiger partial charge in [-0.2, -0.15) is 0 Å². The normalized spacial score (nSPS) is 14.4. The van der Waals surface area contributed by atoms with Crippen molar-refractivity contribution in [3.63, 3.8) is 0 Å². The van der Waals surface area contributed by atoms with Gasteiger partial charge in [0, 0.05) is 23.0 Å². The number of rotatable bonds is 6. The third-order valence-corrected chi connectivity index (χ3v) is 4.42. The van der Waals surface area contributed by atoms with Gasteiger partial charge in [-0.15, -0.1) is 11.3 Å². The predicted octanol–water partition coefficient (Wildman–Crippen LogP) is 2.17. The average Bonchev–Trinajstić information content (AvgIpc) is 2.72. The lowest BCUT2D eigenvalue weighted by Crippen LogP contribution is -2.53. The first-order valence-corrected chi connectivity index (χ1v) is 6.67. The summed E-state index contributed by atoms with van der Waals surface area (Å²) in [6.07, 6.45) is 4.12. The van der Waals surface area contributed by atoms with Gasteiger partial charge >= 0.3 is 0 Å². The highest BCUT2D eigenvalue weighted by atomic mass is 32.1. The molecule has 1 N–H and O–H groups in total. The van der Waals surface area contributed by atoms with Gasteiger partial charge in [-0.05, 0) is 26.9 Å². The molecule has 0 aliphatic heterocycles. The van der Waals surface area contributed by atoms with Crippen LogP contribution in [0.25, 0.3) is 0 Å². The Morgan fingerprint density at radius 3 is 2.44 bits per heavy atom. The summed E-state index contributed by atoms with van der Waals surface area (Å²) in [7, 11) is 4.09. The average molecular weight is 242 g/mol. The number of aromatic nitrogens is 1. The van der Waals surface area contributed by atoms with E-state index in [1.54, 1.807) is 11.3 Å². The van der Waals surface area contributed by atoms with Crippen LogP contribution in [-0.4, -0.2) is 40.7 Å². The van der Waals surface area contributed by atoms with E-state index in [1.165, 1.54) is 0 Å². The molecular weight excluding hydrogens is 220 g/mol. The van der Waals surface area contributed by atoms with Crippen molar-refractivity contribution in [2.75, 3.05) is 14.1 Å². The quantitative estimate of drug-likeness (QED) is 0.830. The van der Waals surface area contributed by atoms with Crippen LogP contribution in [0.2, 0.25) is 0 Å². The molecule has 0 saturated carbocycles. The zero-order chi connectivity index (χ0) is 12.2. The Balaban J connectivity index is 2.78. The second-order valence-electron chi connectivity index (χ2n) is 4.39. The zero-order valence-corrected chi connectivity index (χ0v) is 11.4. The van der Waals surface area contributed by atoms with Gasteiger partial charge in [0.15, 0.2) is 0 Å². The van der Waals surface area contributed by atoms with Crippen molar-refractivity contribution < 1.29 is 5.11 Å². The molecule has 1 heterocycles. The molecule has 0 aromatic carbocycles. The summed E-state index contributed by atoms with van der Waals surface area (Å²) in [6.45, 7) is 4.28.